The van der Waals surface area contributed by atoms with Crippen LogP contribution in [-0.4, -0.2) is 35.4 Å². The zero-order valence-corrected chi connectivity index (χ0v) is 11.0. The summed E-state index contributed by atoms with van der Waals surface area (Å²) < 4.78 is 11.0. The van der Waals surface area contributed by atoms with Crippen LogP contribution in [0.3, 0.4) is 0 Å². The van der Waals surface area contributed by atoms with Gasteiger partial charge in [-0.3, -0.25) is 0 Å². The molecule has 1 aromatic heterocycles. The molecule has 0 atom stereocenters. The molecular weight excluding hydrogens is 232 g/mol. The van der Waals surface area contributed by atoms with Crippen molar-refractivity contribution >= 4 is 0 Å². The van der Waals surface area contributed by atoms with E-state index in [9.17, 15) is 5.11 Å². The number of aliphatic hydroxyl groups is 1. The average molecular weight is 252 g/mol. The second-order valence-corrected chi connectivity index (χ2v) is 4.49. The van der Waals surface area contributed by atoms with Gasteiger partial charge in [0.25, 0.3) is 0 Å². The monoisotopic (exact) mass is 252 g/mol. The quantitative estimate of drug-likeness (QED) is 0.871. The molecule has 1 N–H and O–H groups in total. The highest BCUT2D eigenvalue weighted by Crippen LogP contribution is 2.33. The van der Waals surface area contributed by atoms with Gasteiger partial charge in [0.05, 0.1) is 6.61 Å². The number of aliphatic hydroxyl groups excluding tert-OH is 1. The maximum atomic E-state index is 9.24. The number of rotatable bonds is 4. The molecule has 18 heavy (non-hydrogen) atoms. The van der Waals surface area contributed by atoms with E-state index in [1.165, 1.54) is 0 Å². The van der Waals surface area contributed by atoms with Crippen molar-refractivity contribution in [1.29, 1.82) is 0 Å². The number of hydrogen-bond donors (Lipinski definition) is 1. The van der Waals surface area contributed by atoms with Gasteiger partial charge >= 0.3 is 0 Å². The van der Waals surface area contributed by atoms with E-state index in [4.69, 9.17) is 9.47 Å². The van der Waals surface area contributed by atoms with Crippen LogP contribution in [0.5, 0.6) is 0 Å². The van der Waals surface area contributed by atoms with E-state index in [1.807, 2.05) is 6.92 Å². The van der Waals surface area contributed by atoms with Crippen LogP contribution in [0.4, 0.5) is 0 Å². The fourth-order valence-corrected chi connectivity index (χ4v) is 2.32. The van der Waals surface area contributed by atoms with Gasteiger partial charge in [-0.2, -0.15) is 0 Å². The molecule has 5 heteroatoms. The van der Waals surface area contributed by atoms with Crippen molar-refractivity contribution in [2.75, 3.05) is 20.3 Å². The lowest BCUT2D eigenvalue weighted by Crippen LogP contribution is -2.37. The van der Waals surface area contributed by atoms with Gasteiger partial charge < -0.3 is 14.6 Å². The third kappa shape index (κ3) is 2.39. The van der Waals surface area contributed by atoms with Gasteiger partial charge in [0, 0.05) is 50.6 Å². The molecule has 0 aliphatic carbocycles. The van der Waals surface area contributed by atoms with E-state index < -0.39 is 5.60 Å². The fourth-order valence-electron chi connectivity index (χ4n) is 2.32. The molecule has 0 spiro atoms. The Morgan fingerprint density at radius 3 is 2.72 bits per heavy atom. The van der Waals surface area contributed by atoms with E-state index in [0.29, 0.717) is 19.0 Å². The molecular formula is C13H20N2O3. The Hall–Kier alpha value is -1.04. The molecule has 5 nitrogen and oxygen atoms in total. The van der Waals surface area contributed by atoms with Gasteiger partial charge in [-0.25, -0.2) is 9.97 Å². The molecule has 1 fully saturated rings. The van der Waals surface area contributed by atoms with Crippen molar-refractivity contribution in [1.82, 2.24) is 9.97 Å². The summed E-state index contributed by atoms with van der Waals surface area (Å²) in [6, 6.07) is 0. The fraction of sp³-hybridized carbons (Fsp3) is 0.692. The molecule has 100 valence electrons. The van der Waals surface area contributed by atoms with Crippen LogP contribution in [-0.2, 0) is 28.1 Å². The molecule has 0 radical (unpaired) electrons. The summed E-state index contributed by atoms with van der Waals surface area (Å²) in [5, 5.41) is 9.24. The van der Waals surface area contributed by atoms with Gasteiger partial charge in [0.15, 0.2) is 5.82 Å². The topological polar surface area (TPSA) is 64.5 Å². The first-order valence-electron chi connectivity index (χ1n) is 6.34. The largest absolute Gasteiger partial charge is 0.392 e. The number of methoxy groups -OCH3 is 1. The normalized spacial score (nSPS) is 18.8. The number of nitrogens with zero attached hydrogens (tertiary/aromatic N) is 2. The Labute approximate surface area is 107 Å². The Balaban J connectivity index is 2.36. The summed E-state index contributed by atoms with van der Waals surface area (Å²) in [5.41, 5.74) is 1.25. The second kappa shape index (κ2) is 5.73. The zero-order chi connectivity index (χ0) is 13.0. The highest BCUT2D eigenvalue weighted by molar-refractivity contribution is 5.19. The van der Waals surface area contributed by atoms with E-state index in [2.05, 4.69) is 9.97 Å². The Bertz CT molecular complexity index is 403. The maximum absolute atomic E-state index is 9.24. The molecule has 0 aromatic carbocycles. The van der Waals surface area contributed by atoms with E-state index in [-0.39, 0.29) is 6.61 Å². The minimum Gasteiger partial charge on any atom is -0.392 e. The molecule has 1 aliphatic rings. The highest BCUT2D eigenvalue weighted by Gasteiger charge is 2.37. The Morgan fingerprint density at radius 2 is 2.17 bits per heavy atom. The minimum absolute atomic E-state index is 0.0213. The van der Waals surface area contributed by atoms with E-state index in [1.54, 1.807) is 13.3 Å². The molecule has 1 aromatic rings. The molecule has 2 rings (SSSR count). The average Bonchev–Trinajstić information content (AvgIpc) is 2.47. The van der Waals surface area contributed by atoms with Crippen molar-refractivity contribution in [3.05, 3.63) is 23.3 Å². The number of aromatic nitrogens is 2. The molecule has 2 heterocycles. The standard InChI is InChI=1S/C13H20N2O3/c1-3-11-10(9-16)8-14-12(15-11)13(17-2)4-6-18-7-5-13/h8,16H,3-7,9H2,1-2H3. The Kier molecular flexibility index (Phi) is 4.27. The van der Waals surface area contributed by atoms with Crippen molar-refractivity contribution in [2.45, 2.75) is 38.4 Å². The number of hydrogen-bond acceptors (Lipinski definition) is 5. The molecule has 0 unspecified atom stereocenters. The van der Waals surface area contributed by atoms with Crippen molar-refractivity contribution in [2.24, 2.45) is 0 Å². The molecule has 1 aliphatic heterocycles. The summed E-state index contributed by atoms with van der Waals surface area (Å²) >= 11 is 0. The number of ether oxygens (including phenoxy) is 2. The minimum atomic E-state index is -0.434. The summed E-state index contributed by atoms with van der Waals surface area (Å²) in [7, 11) is 1.69. The first-order chi connectivity index (χ1) is 8.75. The SMILES string of the molecule is CCc1nc(C2(OC)CCOCC2)ncc1CO. The lowest BCUT2D eigenvalue weighted by atomic mass is 9.92. The van der Waals surface area contributed by atoms with Gasteiger partial charge in [-0.05, 0) is 6.42 Å². The van der Waals surface area contributed by atoms with Gasteiger partial charge in [0.1, 0.15) is 5.60 Å². The predicted molar refractivity (Wildman–Crippen MR) is 66.1 cm³/mol. The van der Waals surface area contributed by atoms with Crippen LogP contribution in [0.2, 0.25) is 0 Å². The Morgan fingerprint density at radius 1 is 1.44 bits per heavy atom. The predicted octanol–water partition coefficient (Wildman–Crippen LogP) is 1.18. The third-order valence-corrected chi connectivity index (χ3v) is 3.56. The lowest BCUT2D eigenvalue weighted by molar-refractivity contribution is -0.100. The van der Waals surface area contributed by atoms with Crippen molar-refractivity contribution in [3.8, 4) is 0 Å². The van der Waals surface area contributed by atoms with Crippen LogP contribution in [0, 0.1) is 0 Å². The molecule has 0 amide bonds. The van der Waals surface area contributed by atoms with Crippen molar-refractivity contribution < 1.29 is 14.6 Å². The van der Waals surface area contributed by atoms with Crippen LogP contribution in [0.15, 0.2) is 6.20 Å². The van der Waals surface area contributed by atoms with Gasteiger partial charge in [-0.1, -0.05) is 6.92 Å². The van der Waals surface area contributed by atoms with E-state index >= 15 is 0 Å². The second-order valence-electron chi connectivity index (χ2n) is 4.49. The van der Waals surface area contributed by atoms with Crippen molar-refractivity contribution in [3.63, 3.8) is 0 Å². The van der Waals surface area contributed by atoms with Crippen LogP contribution < -0.4 is 0 Å². The zero-order valence-electron chi connectivity index (χ0n) is 11.0. The van der Waals surface area contributed by atoms with Gasteiger partial charge in [-0.15, -0.1) is 0 Å². The number of aryl methyl sites for hydroxylation is 1. The van der Waals surface area contributed by atoms with Crippen LogP contribution >= 0.6 is 0 Å². The summed E-state index contributed by atoms with van der Waals surface area (Å²) in [6.07, 6.45) is 4.02. The molecule has 0 saturated carbocycles. The summed E-state index contributed by atoms with van der Waals surface area (Å²) in [6.45, 7) is 3.34. The smallest absolute Gasteiger partial charge is 0.160 e. The van der Waals surface area contributed by atoms with Gasteiger partial charge in [0.2, 0.25) is 0 Å². The summed E-state index contributed by atoms with van der Waals surface area (Å²) in [4.78, 5) is 8.95. The third-order valence-electron chi connectivity index (χ3n) is 3.56. The van der Waals surface area contributed by atoms with E-state index in [0.717, 1.165) is 30.5 Å². The molecule has 1 saturated heterocycles. The summed E-state index contributed by atoms with van der Waals surface area (Å²) in [5.74, 6) is 0.711. The molecule has 0 bridgehead atoms. The van der Waals surface area contributed by atoms with Crippen LogP contribution in [0.1, 0.15) is 36.8 Å². The first kappa shape index (κ1) is 13.4. The lowest BCUT2D eigenvalue weighted by Gasteiger charge is -2.34. The highest BCUT2D eigenvalue weighted by atomic mass is 16.5. The first-order valence-corrected chi connectivity index (χ1v) is 6.34. The maximum Gasteiger partial charge on any atom is 0.160 e. The van der Waals surface area contributed by atoms with Crippen LogP contribution in [0.25, 0.3) is 0 Å².